The lowest BCUT2D eigenvalue weighted by Gasteiger charge is -2.14. The fraction of sp³-hybridized carbons (Fsp3) is 1.00. The molecule has 116 valence electrons. The van der Waals surface area contributed by atoms with Gasteiger partial charge < -0.3 is 0 Å². The Morgan fingerprint density at radius 1 is 0.632 bits per heavy atom. The van der Waals surface area contributed by atoms with Gasteiger partial charge in [0.05, 0.1) is 0 Å². The Morgan fingerprint density at radius 2 is 1.11 bits per heavy atom. The molecule has 0 radical (unpaired) electrons. The molecule has 0 saturated carbocycles. The van der Waals surface area contributed by atoms with Crippen molar-refractivity contribution in [2.75, 3.05) is 5.75 Å². The van der Waals surface area contributed by atoms with Crippen LogP contribution in [0.3, 0.4) is 0 Å². The number of unbranched alkanes of at least 4 members (excludes halogenated alkanes) is 5. The predicted molar refractivity (Wildman–Crippen MR) is 93.3 cm³/mol. The van der Waals surface area contributed by atoms with Gasteiger partial charge in [-0.1, -0.05) is 85.0 Å². The highest BCUT2D eigenvalue weighted by molar-refractivity contribution is 7.80. The van der Waals surface area contributed by atoms with E-state index >= 15 is 0 Å². The van der Waals surface area contributed by atoms with Gasteiger partial charge in [-0.25, -0.2) is 0 Å². The van der Waals surface area contributed by atoms with Crippen molar-refractivity contribution in [3.05, 3.63) is 0 Å². The fourth-order valence-electron chi connectivity index (χ4n) is 2.82. The quantitative estimate of drug-likeness (QED) is 0.261. The van der Waals surface area contributed by atoms with Crippen LogP contribution in [0.1, 0.15) is 97.8 Å². The molecule has 2 unspecified atom stereocenters. The van der Waals surface area contributed by atoms with Crippen LogP contribution in [-0.2, 0) is 0 Å². The molecule has 0 saturated heterocycles. The maximum Gasteiger partial charge on any atom is -0.00978 e. The third-order valence-corrected chi connectivity index (χ3v) is 4.62. The first-order chi connectivity index (χ1) is 9.20. The van der Waals surface area contributed by atoms with Crippen LogP contribution in [0.4, 0.5) is 0 Å². The van der Waals surface area contributed by atoms with Gasteiger partial charge in [0.25, 0.3) is 0 Å². The summed E-state index contributed by atoms with van der Waals surface area (Å²) in [6.45, 7) is 7.14. The van der Waals surface area contributed by atoms with Crippen LogP contribution in [0.15, 0.2) is 0 Å². The maximum atomic E-state index is 4.29. The SMILES string of the molecule is CCCCCCCCC(C)CCCC(C)CCCS. The molecule has 0 nitrogen and oxygen atoms in total. The highest BCUT2D eigenvalue weighted by Gasteiger charge is 2.05. The van der Waals surface area contributed by atoms with E-state index in [0.717, 1.165) is 17.6 Å². The van der Waals surface area contributed by atoms with Gasteiger partial charge in [0, 0.05) is 0 Å². The molecule has 0 heterocycles. The molecule has 0 aromatic heterocycles. The summed E-state index contributed by atoms with van der Waals surface area (Å²) in [6.07, 6.45) is 17.0. The molecule has 0 rings (SSSR count). The Morgan fingerprint density at radius 3 is 1.68 bits per heavy atom. The van der Waals surface area contributed by atoms with Crippen LogP contribution in [0, 0.1) is 11.8 Å². The van der Waals surface area contributed by atoms with Gasteiger partial charge >= 0.3 is 0 Å². The van der Waals surface area contributed by atoms with E-state index in [0.29, 0.717) is 0 Å². The van der Waals surface area contributed by atoms with E-state index in [4.69, 9.17) is 0 Å². The minimum absolute atomic E-state index is 0.911. The topological polar surface area (TPSA) is 0 Å². The average molecular weight is 287 g/mol. The van der Waals surface area contributed by atoms with Gasteiger partial charge in [0.15, 0.2) is 0 Å². The van der Waals surface area contributed by atoms with Gasteiger partial charge in [0.2, 0.25) is 0 Å². The molecule has 1 heteroatoms. The lowest BCUT2D eigenvalue weighted by molar-refractivity contribution is 0.398. The zero-order chi connectivity index (χ0) is 14.3. The predicted octanol–water partition coefficient (Wildman–Crippen LogP) is 6.89. The van der Waals surface area contributed by atoms with E-state index in [1.54, 1.807) is 0 Å². The van der Waals surface area contributed by atoms with Crippen LogP contribution < -0.4 is 0 Å². The molecule has 0 aromatic carbocycles. The second kappa shape index (κ2) is 14.8. The molecule has 0 spiro atoms. The van der Waals surface area contributed by atoms with Crippen LogP contribution in [0.2, 0.25) is 0 Å². The van der Waals surface area contributed by atoms with Crippen molar-refractivity contribution in [2.24, 2.45) is 11.8 Å². The first-order valence-electron chi connectivity index (χ1n) is 8.81. The largest absolute Gasteiger partial charge is 0.179 e. The minimum Gasteiger partial charge on any atom is -0.179 e. The molecular formula is C18H38S. The lowest BCUT2D eigenvalue weighted by atomic mass is 9.93. The van der Waals surface area contributed by atoms with Crippen molar-refractivity contribution in [3.8, 4) is 0 Å². The molecule has 0 aromatic rings. The highest BCUT2D eigenvalue weighted by Crippen LogP contribution is 2.20. The van der Waals surface area contributed by atoms with Crippen molar-refractivity contribution >= 4 is 12.6 Å². The zero-order valence-corrected chi connectivity index (χ0v) is 14.7. The van der Waals surface area contributed by atoms with Crippen LogP contribution in [0.5, 0.6) is 0 Å². The molecule has 0 aliphatic heterocycles. The fourth-order valence-corrected chi connectivity index (χ4v) is 3.00. The van der Waals surface area contributed by atoms with Crippen molar-refractivity contribution < 1.29 is 0 Å². The Hall–Kier alpha value is 0.350. The molecule has 0 amide bonds. The summed E-state index contributed by atoms with van der Waals surface area (Å²) in [7, 11) is 0. The van der Waals surface area contributed by atoms with Crippen LogP contribution >= 0.6 is 12.6 Å². The van der Waals surface area contributed by atoms with Gasteiger partial charge in [0.1, 0.15) is 0 Å². The molecule has 0 bridgehead atoms. The van der Waals surface area contributed by atoms with Gasteiger partial charge in [-0.2, -0.15) is 12.6 Å². The van der Waals surface area contributed by atoms with Crippen molar-refractivity contribution in [1.29, 1.82) is 0 Å². The highest BCUT2D eigenvalue weighted by atomic mass is 32.1. The molecule has 0 aliphatic rings. The van der Waals surface area contributed by atoms with E-state index < -0.39 is 0 Å². The van der Waals surface area contributed by atoms with E-state index in [-0.39, 0.29) is 0 Å². The summed E-state index contributed by atoms with van der Waals surface area (Å²) in [5.74, 6) is 2.91. The van der Waals surface area contributed by atoms with Gasteiger partial charge in [-0.05, 0) is 30.4 Å². The maximum absolute atomic E-state index is 4.29. The number of hydrogen-bond acceptors (Lipinski definition) is 1. The second-order valence-corrected chi connectivity index (χ2v) is 7.01. The van der Waals surface area contributed by atoms with E-state index in [9.17, 15) is 0 Å². The monoisotopic (exact) mass is 286 g/mol. The Balaban J connectivity index is 3.27. The first-order valence-corrected chi connectivity index (χ1v) is 9.44. The number of hydrogen-bond donors (Lipinski definition) is 1. The Labute approximate surface area is 128 Å². The number of thiol groups is 1. The lowest BCUT2D eigenvalue weighted by Crippen LogP contribution is -1.99. The smallest absolute Gasteiger partial charge is 0.00978 e. The third kappa shape index (κ3) is 14.6. The summed E-state index contributed by atoms with van der Waals surface area (Å²) < 4.78 is 0. The number of rotatable bonds is 14. The summed E-state index contributed by atoms with van der Waals surface area (Å²) in [5, 5.41) is 0. The van der Waals surface area contributed by atoms with Crippen molar-refractivity contribution in [3.63, 3.8) is 0 Å². The van der Waals surface area contributed by atoms with Crippen LogP contribution in [-0.4, -0.2) is 5.75 Å². The van der Waals surface area contributed by atoms with Gasteiger partial charge in [-0.15, -0.1) is 0 Å². The van der Waals surface area contributed by atoms with Crippen molar-refractivity contribution in [1.82, 2.24) is 0 Å². The average Bonchev–Trinajstić information content (AvgIpc) is 2.40. The van der Waals surface area contributed by atoms with E-state index in [1.807, 2.05) is 0 Å². The van der Waals surface area contributed by atoms with E-state index in [2.05, 4.69) is 33.4 Å². The summed E-state index contributed by atoms with van der Waals surface area (Å²) >= 11 is 4.29. The minimum atomic E-state index is 0.911. The molecule has 19 heavy (non-hydrogen) atoms. The summed E-state index contributed by atoms with van der Waals surface area (Å²) in [5.41, 5.74) is 0. The van der Waals surface area contributed by atoms with Gasteiger partial charge in [-0.3, -0.25) is 0 Å². The standard InChI is InChI=1S/C18H38S/c1-4-5-6-7-8-9-12-17(2)13-10-14-18(3)15-11-16-19/h17-19H,4-16H2,1-3H3. The third-order valence-electron chi connectivity index (χ3n) is 4.30. The normalized spacial score (nSPS) is 14.5. The second-order valence-electron chi connectivity index (χ2n) is 6.56. The van der Waals surface area contributed by atoms with Crippen LogP contribution in [0.25, 0.3) is 0 Å². The molecule has 0 aliphatic carbocycles. The molecule has 0 fully saturated rings. The van der Waals surface area contributed by atoms with E-state index in [1.165, 1.54) is 77.0 Å². The zero-order valence-electron chi connectivity index (χ0n) is 13.8. The molecular weight excluding hydrogens is 248 g/mol. The summed E-state index contributed by atoms with van der Waals surface area (Å²) in [6, 6.07) is 0. The Kier molecular flexibility index (Phi) is 15.0. The Bertz CT molecular complexity index is 167. The molecule has 2 atom stereocenters. The summed E-state index contributed by atoms with van der Waals surface area (Å²) in [4.78, 5) is 0. The van der Waals surface area contributed by atoms with Crippen molar-refractivity contribution in [2.45, 2.75) is 97.8 Å². The molecule has 0 N–H and O–H groups in total. The first kappa shape index (κ1) is 19.4.